The maximum Gasteiger partial charge on any atom is 0.418 e. The molecule has 0 aliphatic heterocycles. The minimum Gasteiger partial charge on any atom is -0.489 e. The van der Waals surface area contributed by atoms with E-state index in [1.807, 2.05) is 0 Å². The molecule has 0 bridgehead atoms. The number of fused-ring (bicyclic) bond motifs is 1. The number of ketones is 1. The zero-order valence-electron chi connectivity index (χ0n) is 19.9. The molecule has 1 heterocycles. The Labute approximate surface area is 216 Å². The quantitative estimate of drug-likeness (QED) is 0.222. The van der Waals surface area contributed by atoms with Crippen molar-refractivity contribution in [2.45, 2.75) is 12.8 Å². The Balaban J connectivity index is 1.62. The van der Waals surface area contributed by atoms with Crippen molar-refractivity contribution in [3.63, 3.8) is 0 Å². The number of halogens is 3. The van der Waals surface area contributed by atoms with Crippen molar-refractivity contribution in [1.82, 2.24) is 4.98 Å². The lowest BCUT2D eigenvalue weighted by molar-refractivity contribution is -0.136. The summed E-state index contributed by atoms with van der Waals surface area (Å²) >= 11 is 0. The van der Waals surface area contributed by atoms with Crippen LogP contribution in [-0.4, -0.2) is 10.8 Å². The van der Waals surface area contributed by atoms with Crippen LogP contribution in [0.3, 0.4) is 0 Å². The summed E-state index contributed by atoms with van der Waals surface area (Å²) in [6.07, 6.45) is -3.40. The molecule has 0 fully saturated rings. The number of aromatic nitrogens is 1. The highest BCUT2D eigenvalue weighted by molar-refractivity contribution is 6.16. The van der Waals surface area contributed by atoms with Gasteiger partial charge in [0.15, 0.2) is 5.78 Å². The lowest BCUT2D eigenvalue weighted by Crippen LogP contribution is -2.09. The Morgan fingerprint density at radius 1 is 0.895 bits per heavy atom. The van der Waals surface area contributed by atoms with Gasteiger partial charge in [0.2, 0.25) is 0 Å². The number of hydrogen-bond acceptors (Lipinski definition) is 4. The molecule has 0 radical (unpaired) electrons. The number of alkyl halides is 3. The van der Waals surface area contributed by atoms with E-state index in [1.165, 1.54) is 12.3 Å². The van der Waals surface area contributed by atoms with Gasteiger partial charge in [0.1, 0.15) is 12.4 Å². The number of rotatable bonds is 6. The third-order valence-corrected chi connectivity index (χ3v) is 6.09. The maximum atomic E-state index is 13.8. The molecule has 1 aromatic heterocycles. The molecular formula is C31H19F3N2O2. The van der Waals surface area contributed by atoms with E-state index in [2.05, 4.69) is 11.1 Å². The van der Waals surface area contributed by atoms with Crippen LogP contribution in [0.2, 0.25) is 0 Å². The molecule has 38 heavy (non-hydrogen) atoms. The maximum absolute atomic E-state index is 13.8. The van der Waals surface area contributed by atoms with E-state index < -0.39 is 11.7 Å². The van der Waals surface area contributed by atoms with Crippen molar-refractivity contribution in [3.05, 3.63) is 131 Å². The molecule has 4 nitrogen and oxygen atoms in total. The second-order valence-electron chi connectivity index (χ2n) is 8.57. The minimum absolute atomic E-state index is 0.187. The molecule has 0 saturated heterocycles. The molecule has 186 valence electrons. The third-order valence-electron chi connectivity index (χ3n) is 6.09. The van der Waals surface area contributed by atoms with Crippen molar-refractivity contribution in [2.75, 3.05) is 0 Å². The standard InChI is InChI=1S/C31H19F3N2O2/c32-31(33,34)27-11-5-10-25-28(26(18-36-29(25)27)30(37)22-6-2-1-3-7-22)23-8-4-9-24(16-23)38-19-21-14-12-20(17-35)13-15-21/h1-16,18H,19H2. The normalized spacial score (nSPS) is 11.2. The first-order valence-electron chi connectivity index (χ1n) is 11.7. The van der Waals surface area contributed by atoms with Crippen molar-refractivity contribution in [3.8, 4) is 22.9 Å². The van der Waals surface area contributed by atoms with Gasteiger partial charge >= 0.3 is 6.18 Å². The number of nitrogens with zero attached hydrogens (tertiary/aromatic N) is 2. The van der Waals surface area contributed by atoms with Gasteiger partial charge in [-0.2, -0.15) is 18.4 Å². The second kappa shape index (κ2) is 10.2. The average Bonchev–Trinajstić information content (AvgIpc) is 2.95. The van der Waals surface area contributed by atoms with Gasteiger partial charge in [0.25, 0.3) is 0 Å². The van der Waals surface area contributed by atoms with Gasteiger partial charge in [-0.1, -0.05) is 66.7 Å². The Hall–Kier alpha value is -4.96. The molecule has 0 saturated carbocycles. The summed E-state index contributed by atoms with van der Waals surface area (Å²) in [7, 11) is 0. The molecule has 0 atom stereocenters. The summed E-state index contributed by atoms with van der Waals surface area (Å²) in [5.41, 5.74) is 1.73. The minimum atomic E-state index is -4.61. The molecule has 5 aromatic rings. The van der Waals surface area contributed by atoms with Crippen LogP contribution in [0.4, 0.5) is 13.2 Å². The number of carbonyl (C=O) groups excluding carboxylic acids is 1. The second-order valence-corrected chi connectivity index (χ2v) is 8.57. The van der Waals surface area contributed by atoms with Gasteiger partial charge in [0, 0.05) is 28.3 Å². The number of hydrogen-bond donors (Lipinski definition) is 0. The predicted octanol–water partition coefficient (Wildman–Crippen LogP) is 7.60. The molecule has 0 unspecified atom stereocenters. The highest BCUT2D eigenvalue weighted by atomic mass is 19.4. The molecule has 0 aliphatic carbocycles. The SMILES string of the molecule is N#Cc1ccc(COc2cccc(-c3c(C(=O)c4ccccc4)cnc4c(C(F)(F)F)cccc34)c2)cc1. The van der Waals surface area contributed by atoms with Crippen LogP contribution in [0.5, 0.6) is 5.75 Å². The van der Waals surface area contributed by atoms with Crippen molar-refractivity contribution in [2.24, 2.45) is 0 Å². The summed E-state index contributed by atoms with van der Waals surface area (Å²) in [6, 6.07) is 28.3. The van der Waals surface area contributed by atoms with Crippen LogP contribution in [0.15, 0.2) is 103 Å². The molecule has 5 rings (SSSR count). The Morgan fingerprint density at radius 3 is 2.34 bits per heavy atom. The fourth-order valence-electron chi connectivity index (χ4n) is 4.26. The first-order valence-corrected chi connectivity index (χ1v) is 11.7. The predicted molar refractivity (Wildman–Crippen MR) is 138 cm³/mol. The monoisotopic (exact) mass is 508 g/mol. The van der Waals surface area contributed by atoms with Crippen LogP contribution < -0.4 is 4.74 Å². The Bertz CT molecular complexity index is 1670. The van der Waals surface area contributed by atoms with Gasteiger partial charge in [0.05, 0.1) is 22.7 Å². The fraction of sp³-hybridized carbons (Fsp3) is 0.0645. The van der Waals surface area contributed by atoms with Crippen LogP contribution >= 0.6 is 0 Å². The highest BCUT2D eigenvalue weighted by Gasteiger charge is 2.34. The number of benzene rings is 4. The lowest BCUT2D eigenvalue weighted by atomic mass is 9.91. The first-order chi connectivity index (χ1) is 18.3. The van der Waals surface area contributed by atoms with Crippen molar-refractivity contribution in [1.29, 1.82) is 5.26 Å². The van der Waals surface area contributed by atoms with E-state index in [1.54, 1.807) is 84.9 Å². The largest absolute Gasteiger partial charge is 0.489 e. The van der Waals surface area contributed by atoms with Crippen LogP contribution in [0, 0.1) is 11.3 Å². The molecule has 7 heteroatoms. The van der Waals surface area contributed by atoms with Gasteiger partial charge in [-0.25, -0.2) is 0 Å². The zero-order valence-corrected chi connectivity index (χ0v) is 19.9. The Morgan fingerprint density at radius 2 is 1.63 bits per heavy atom. The van der Waals surface area contributed by atoms with E-state index in [4.69, 9.17) is 10.00 Å². The van der Waals surface area contributed by atoms with E-state index in [-0.39, 0.29) is 28.9 Å². The topological polar surface area (TPSA) is 63.0 Å². The third kappa shape index (κ3) is 4.97. The number of carbonyl (C=O) groups is 1. The van der Waals surface area contributed by atoms with Crippen molar-refractivity contribution < 1.29 is 22.7 Å². The van der Waals surface area contributed by atoms with Gasteiger partial charge in [-0.3, -0.25) is 9.78 Å². The zero-order chi connectivity index (χ0) is 26.7. The molecular weight excluding hydrogens is 489 g/mol. The number of pyridine rings is 1. The summed E-state index contributed by atoms with van der Waals surface area (Å²) in [6.45, 7) is 0.222. The molecule has 0 N–H and O–H groups in total. The summed E-state index contributed by atoms with van der Waals surface area (Å²) in [5, 5.41) is 9.19. The van der Waals surface area contributed by atoms with Gasteiger partial charge < -0.3 is 4.74 Å². The van der Waals surface area contributed by atoms with E-state index in [0.29, 0.717) is 28.0 Å². The number of ether oxygens (including phenoxy) is 1. The average molecular weight is 508 g/mol. The summed E-state index contributed by atoms with van der Waals surface area (Å²) in [5.74, 6) is 0.123. The number of nitriles is 1. The van der Waals surface area contributed by atoms with E-state index in [0.717, 1.165) is 11.6 Å². The van der Waals surface area contributed by atoms with Crippen LogP contribution in [-0.2, 0) is 12.8 Å². The van der Waals surface area contributed by atoms with E-state index >= 15 is 0 Å². The van der Waals surface area contributed by atoms with Gasteiger partial charge in [-0.15, -0.1) is 0 Å². The first kappa shape index (κ1) is 24.7. The van der Waals surface area contributed by atoms with E-state index in [9.17, 15) is 18.0 Å². The van der Waals surface area contributed by atoms with Crippen LogP contribution in [0.1, 0.15) is 32.6 Å². The van der Waals surface area contributed by atoms with Gasteiger partial charge in [-0.05, 0) is 41.5 Å². The summed E-state index contributed by atoms with van der Waals surface area (Å²) < 4.78 is 47.4. The highest BCUT2D eigenvalue weighted by Crippen LogP contribution is 2.39. The summed E-state index contributed by atoms with van der Waals surface area (Å²) in [4.78, 5) is 17.6. The molecule has 0 aliphatic rings. The smallest absolute Gasteiger partial charge is 0.418 e. The molecule has 0 spiro atoms. The lowest BCUT2D eigenvalue weighted by Gasteiger charge is -2.16. The Kier molecular flexibility index (Phi) is 6.63. The fourth-order valence-corrected chi connectivity index (χ4v) is 4.26. The molecule has 0 amide bonds. The molecule has 4 aromatic carbocycles. The number of para-hydroxylation sites is 1. The van der Waals surface area contributed by atoms with Crippen molar-refractivity contribution >= 4 is 16.7 Å². The van der Waals surface area contributed by atoms with Crippen LogP contribution in [0.25, 0.3) is 22.0 Å².